The van der Waals surface area contributed by atoms with Gasteiger partial charge in [-0.15, -0.1) is 0 Å². The van der Waals surface area contributed by atoms with E-state index in [1.165, 1.54) is 24.3 Å². The Bertz CT molecular complexity index is 1360. The van der Waals surface area contributed by atoms with Crippen molar-refractivity contribution < 1.29 is 33.1 Å². The highest BCUT2D eigenvalue weighted by Gasteiger charge is 2.26. The number of hydrogen-bond donors (Lipinski definition) is 5. The van der Waals surface area contributed by atoms with Crippen molar-refractivity contribution in [3.63, 3.8) is 0 Å². The van der Waals surface area contributed by atoms with E-state index in [0.717, 1.165) is 5.56 Å². The number of amidine groups is 1. The number of benzene rings is 3. The van der Waals surface area contributed by atoms with Crippen LogP contribution in [0.2, 0.25) is 0 Å². The topological polar surface area (TPSA) is 180 Å². The number of nitrogens with zero attached hydrogens (tertiary/aromatic N) is 1. The third-order valence-electron chi connectivity index (χ3n) is 5.00. The summed E-state index contributed by atoms with van der Waals surface area (Å²) in [5, 5.41) is 23.5. The van der Waals surface area contributed by atoms with E-state index < -0.39 is 34.5 Å². The molecule has 0 fully saturated rings. The Kier molecular flexibility index (Phi) is 8.25. The number of carboxylic acids is 1. The van der Waals surface area contributed by atoms with Crippen molar-refractivity contribution in [1.82, 2.24) is 10.0 Å². The molecule has 188 valence electrons. The molecular weight excluding hydrogens is 488 g/mol. The minimum Gasteiger partial charge on any atom is -0.480 e. The van der Waals surface area contributed by atoms with Gasteiger partial charge in [0, 0.05) is 17.7 Å². The lowest BCUT2D eigenvalue weighted by atomic mass is 10.2. The SMILES string of the molecule is Cc1ccc(S(=O)(=O)NC(CNC(=O)c2ccc(Oc3ccc(/C(N)=N/O)cc3)cc2)C(=O)O)cc1. The molecule has 0 aliphatic rings. The first-order chi connectivity index (χ1) is 17.1. The van der Waals surface area contributed by atoms with Crippen molar-refractivity contribution in [2.24, 2.45) is 10.9 Å². The molecule has 6 N–H and O–H groups in total. The van der Waals surface area contributed by atoms with E-state index >= 15 is 0 Å². The Balaban J connectivity index is 1.60. The summed E-state index contributed by atoms with van der Waals surface area (Å²) in [4.78, 5) is 24.0. The molecule has 0 saturated carbocycles. The van der Waals surface area contributed by atoms with Crippen molar-refractivity contribution in [3.8, 4) is 11.5 Å². The number of aliphatic carboxylic acids is 1. The van der Waals surface area contributed by atoms with Crippen molar-refractivity contribution in [2.75, 3.05) is 6.54 Å². The van der Waals surface area contributed by atoms with Gasteiger partial charge in [0.1, 0.15) is 17.5 Å². The van der Waals surface area contributed by atoms with Gasteiger partial charge in [0.05, 0.1) is 4.90 Å². The fourth-order valence-corrected chi connectivity index (χ4v) is 4.20. The molecule has 0 saturated heterocycles. The predicted molar refractivity (Wildman–Crippen MR) is 131 cm³/mol. The van der Waals surface area contributed by atoms with Crippen LogP contribution in [0.4, 0.5) is 0 Å². The summed E-state index contributed by atoms with van der Waals surface area (Å²) < 4.78 is 32.8. The lowest BCUT2D eigenvalue weighted by Crippen LogP contribution is -2.48. The van der Waals surface area contributed by atoms with Crippen LogP contribution >= 0.6 is 0 Å². The van der Waals surface area contributed by atoms with E-state index in [1.54, 1.807) is 55.5 Å². The van der Waals surface area contributed by atoms with E-state index in [4.69, 9.17) is 15.7 Å². The fourth-order valence-electron chi connectivity index (χ4n) is 3.01. The van der Waals surface area contributed by atoms with Crippen LogP contribution < -0.4 is 20.5 Å². The smallest absolute Gasteiger partial charge is 0.323 e. The van der Waals surface area contributed by atoms with Crippen LogP contribution in [0.25, 0.3) is 0 Å². The maximum absolute atomic E-state index is 12.5. The Labute approximate surface area is 207 Å². The minimum absolute atomic E-state index is 0.0370. The lowest BCUT2D eigenvalue weighted by molar-refractivity contribution is -0.138. The molecule has 36 heavy (non-hydrogen) atoms. The normalized spacial score (nSPS) is 12.5. The number of carboxylic acid groups (broad SMARTS) is 1. The van der Waals surface area contributed by atoms with Crippen molar-refractivity contribution in [3.05, 3.63) is 89.5 Å². The average Bonchev–Trinajstić information content (AvgIpc) is 2.87. The van der Waals surface area contributed by atoms with Crippen LogP contribution in [0.5, 0.6) is 11.5 Å². The zero-order chi connectivity index (χ0) is 26.3. The highest BCUT2D eigenvalue weighted by molar-refractivity contribution is 7.89. The summed E-state index contributed by atoms with van der Waals surface area (Å²) in [5.41, 5.74) is 7.10. The Morgan fingerprint density at radius 2 is 1.47 bits per heavy atom. The van der Waals surface area contributed by atoms with Crippen LogP contribution in [0.1, 0.15) is 21.5 Å². The van der Waals surface area contributed by atoms with Crippen LogP contribution in [0.15, 0.2) is 82.8 Å². The second kappa shape index (κ2) is 11.3. The maximum atomic E-state index is 12.5. The standard InChI is InChI=1S/C24H24N4O7S/c1-15-2-12-20(13-3-15)36(33,34)28-21(24(30)31)14-26-23(29)17-6-10-19(11-7-17)35-18-8-4-16(5-9-18)22(25)27-32/h2-13,21,28,32H,14H2,1H3,(H2,25,27)(H,26,29)(H,30,31). The molecular formula is C24H24N4O7S. The quantitative estimate of drug-likeness (QED) is 0.118. The van der Waals surface area contributed by atoms with Gasteiger partial charge in [0.2, 0.25) is 10.0 Å². The molecule has 3 aromatic carbocycles. The summed E-state index contributed by atoms with van der Waals surface area (Å²) >= 11 is 0. The third kappa shape index (κ3) is 6.81. The highest BCUT2D eigenvalue weighted by atomic mass is 32.2. The molecule has 0 aromatic heterocycles. The van der Waals surface area contributed by atoms with Gasteiger partial charge in [-0.2, -0.15) is 4.72 Å². The number of amides is 1. The average molecular weight is 513 g/mol. The van der Waals surface area contributed by atoms with Crippen LogP contribution in [-0.4, -0.2) is 49.0 Å². The number of oxime groups is 1. The molecule has 12 heteroatoms. The van der Waals surface area contributed by atoms with Crippen LogP contribution in [0.3, 0.4) is 0 Å². The van der Waals surface area contributed by atoms with Crippen molar-refractivity contribution >= 4 is 27.7 Å². The zero-order valence-electron chi connectivity index (χ0n) is 19.1. The van der Waals surface area contributed by atoms with E-state index in [1.807, 2.05) is 0 Å². The second-order valence-electron chi connectivity index (χ2n) is 7.67. The zero-order valence-corrected chi connectivity index (χ0v) is 19.9. The molecule has 3 aromatic rings. The minimum atomic E-state index is -4.10. The molecule has 0 aliphatic heterocycles. The van der Waals surface area contributed by atoms with Gasteiger partial charge in [-0.3, -0.25) is 9.59 Å². The Morgan fingerprint density at radius 1 is 0.944 bits per heavy atom. The fraction of sp³-hybridized carbons (Fsp3) is 0.125. The molecule has 3 rings (SSSR count). The highest BCUT2D eigenvalue weighted by Crippen LogP contribution is 2.22. The van der Waals surface area contributed by atoms with E-state index in [2.05, 4.69) is 15.2 Å². The molecule has 0 bridgehead atoms. The largest absolute Gasteiger partial charge is 0.480 e. The van der Waals surface area contributed by atoms with E-state index in [0.29, 0.717) is 17.1 Å². The molecule has 0 radical (unpaired) electrons. The first-order valence-corrected chi connectivity index (χ1v) is 12.0. The third-order valence-corrected chi connectivity index (χ3v) is 6.49. The van der Waals surface area contributed by atoms with Crippen molar-refractivity contribution in [2.45, 2.75) is 17.9 Å². The van der Waals surface area contributed by atoms with Gasteiger partial charge in [0.25, 0.3) is 5.91 Å². The first-order valence-electron chi connectivity index (χ1n) is 10.5. The second-order valence-corrected chi connectivity index (χ2v) is 9.39. The molecule has 1 unspecified atom stereocenters. The molecule has 0 heterocycles. The van der Waals surface area contributed by atoms with Gasteiger partial charge < -0.3 is 26.1 Å². The van der Waals surface area contributed by atoms with Crippen LogP contribution in [-0.2, 0) is 14.8 Å². The molecule has 1 atom stereocenters. The monoisotopic (exact) mass is 512 g/mol. The Hall–Kier alpha value is -4.42. The molecule has 11 nitrogen and oxygen atoms in total. The number of aryl methyl sites for hydroxylation is 1. The number of nitrogens with one attached hydrogen (secondary N) is 2. The molecule has 0 aliphatic carbocycles. The number of carbonyl (C=O) groups excluding carboxylic acids is 1. The van der Waals surface area contributed by atoms with E-state index in [9.17, 15) is 23.1 Å². The number of carbonyl (C=O) groups is 2. The number of ether oxygens (including phenoxy) is 1. The summed E-state index contributed by atoms with van der Waals surface area (Å²) in [5.74, 6) is -1.16. The summed E-state index contributed by atoms with van der Waals surface area (Å²) in [7, 11) is -4.10. The molecule has 0 spiro atoms. The number of hydrogen-bond acceptors (Lipinski definition) is 7. The van der Waals surface area contributed by atoms with Gasteiger partial charge >= 0.3 is 5.97 Å². The summed E-state index contributed by atoms with van der Waals surface area (Å²) in [6.07, 6.45) is 0. The number of rotatable bonds is 10. The Morgan fingerprint density at radius 3 is 1.97 bits per heavy atom. The maximum Gasteiger partial charge on any atom is 0.323 e. The van der Waals surface area contributed by atoms with Gasteiger partial charge in [-0.05, 0) is 67.6 Å². The van der Waals surface area contributed by atoms with Gasteiger partial charge in [-0.1, -0.05) is 22.9 Å². The van der Waals surface area contributed by atoms with Crippen molar-refractivity contribution in [1.29, 1.82) is 0 Å². The van der Waals surface area contributed by atoms with Gasteiger partial charge in [-0.25, -0.2) is 8.42 Å². The van der Waals surface area contributed by atoms with E-state index in [-0.39, 0.29) is 16.3 Å². The lowest BCUT2D eigenvalue weighted by Gasteiger charge is -2.16. The number of sulfonamides is 1. The molecule has 1 amide bonds. The van der Waals surface area contributed by atoms with Crippen LogP contribution in [0, 0.1) is 6.92 Å². The number of nitrogens with two attached hydrogens (primary N) is 1. The summed E-state index contributed by atoms with van der Waals surface area (Å²) in [6, 6.07) is 16.8. The first kappa shape index (κ1) is 26.2. The van der Waals surface area contributed by atoms with Gasteiger partial charge in [0.15, 0.2) is 5.84 Å². The summed E-state index contributed by atoms with van der Waals surface area (Å²) in [6.45, 7) is 1.33. The predicted octanol–water partition coefficient (Wildman–Crippen LogP) is 2.04.